The van der Waals surface area contributed by atoms with Gasteiger partial charge in [-0.15, -0.1) is 0 Å². The molecule has 0 saturated heterocycles. The molecular formula is C8H6F3N3O2S. The van der Waals surface area contributed by atoms with E-state index in [-0.39, 0.29) is 15.0 Å². The number of nitrogens with zero attached hydrogens (tertiary/aromatic N) is 2. The van der Waals surface area contributed by atoms with Gasteiger partial charge in [-0.2, -0.15) is 21.6 Å². The Hall–Kier alpha value is -1.61. The van der Waals surface area contributed by atoms with Crippen molar-refractivity contribution in [3.63, 3.8) is 0 Å². The van der Waals surface area contributed by atoms with E-state index in [2.05, 4.69) is 4.98 Å². The molecule has 1 aromatic heterocycles. The third-order valence-electron chi connectivity index (χ3n) is 2.03. The molecular weight excluding hydrogens is 259 g/mol. The Morgan fingerprint density at radius 1 is 1.24 bits per heavy atom. The Morgan fingerprint density at radius 2 is 1.82 bits per heavy atom. The van der Waals surface area contributed by atoms with Crippen molar-refractivity contribution in [1.29, 1.82) is 0 Å². The minimum Gasteiger partial charge on any atom is -0.223 e. The van der Waals surface area contributed by atoms with Gasteiger partial charge in [-0.25, -0.2) is 14.1 Å². The first-order valence-corrected chi connectivity index (χ1v) is 5.79. The predicted molar refractivity (Wildman–Crippen MR) is 53.2 cm³/mol. The largest absolute Gasteiger partial charge is 0.450 e. The van der Waals surface area contributed by atoms with Crippen molar-refractivity contribution < 1.29 is 21.6 Å². The van der Waals surface area contributed by atoms with Crippen LogP contribution < -0.4 is 5.14 Å². The standard InChI is InChI=1S/C8H6F3N3O2S/c9-8(10,11)7-13-5-3-1-2-4-6(5)14(7)17(12,15)16/h1-4H,(H2,12,15,16). The van der Waals surface area contributed by atoms with Gasteiger partial charge in [-0.3, -0.25) is 0 Å². The summed E-state index contributed by atoms with van der Waals surface area (Å²) in [6, 6.07) is 5.31. The smallest absolute Gasteiger partial charge is 0.223 e. The second-order valence-electron chi connectivity index (χ2n) is 3.23. The number of hydrogen-bond donors (Lipinski definition) is 1. The molecule has 0 bridgehead atoms. The molecule has 0 fully saturated rings. The van der Waals surface area contributed by atoms with Gasteiger partial charge in [0.15, 0.2) is 0 Å². The highest BCUT2D eigenvalue weighted by molar-refractivity contribution is 7.87. The first kappa shape index (κ1) is 11.9. The topological polar surface area (TPSA) is 78.0 Å². The van der Waals surface area contributed by atoms with E-state index in [0.717, 1.165) is 0 Å². The second kappa shape index (κ2) is 3.44. The Balaban J connectivity index is 2.94. The van der Waals surface area contributed by atoms with Crippen molar-refractivity contribution in [2.45, 2.75) is 6.18 Å². The Kier molecular flexibility index (Phi) is 2.40. The second-order valence-corrected chi connectivity index (χ2v) is 4.63. The van der Waals surface area contributed by atoms with Crippen molar-refractivity contribution in [2.75, 3.05) is 0 Å². The summed E-state index contributed by atoms with van der Waals surface area (Å²) in [4.78, 5) is 3.23. The number of nitrogens with two attached hydrogens (primary N) is 1. The Labute approximate surface area is 93.8 Å². The first-order chi connectivity index (χ1) is 7.71. The Morgan fingerprint density at radius 3 is 2.35 bits per heavy atom. The van der Waals surface area contributed by atoms with Gasteiger partial charge < -0.3 is 0 Å². The molecule has 0 atom stereocenters. The molecule has 0 unspecified atom stereocenters. The van der Waals surface area contributed by atoms with Crippen LogP contribution in [0.2, 0.25) is 0 Å². The van der Waals surface area contributed by atoms with Gasteiger partial charge in [0, 0.05) is 0 Å². The minimum atomic E-state index is -4.90. The maximum Gasteiger partial charge on any atom is 0.450 e. The van der Waals surface area contributed by atoms with Crippen molar-refractivity contribution in [2.24, 2.45) is 5.14 Å². The van der Waals surface area contributed by atoms with Gasteiger partial charge in [-0.05, 0) is 12.1 Å². The predicted octanol–water partition coefficient (Wildman–Crippen LogP) is 1.11. The van der Waals surface area contributed by atoms with E-state index in [4.69, 9.17) is 5.14 Å². The quantitative estimate of drug-likeness (QED) is 0.838. The van der Waals surface area contributed by atoms with Crippen LogP contribution in [0.4, 0.5) is 13.2 Å². The van der Waals surface area contributed by atoms with Crippen LogP contribution in [0.1, 0.15) is 5.82 Å². The number of para-hydroxylation sites is 2. The molecule has 0 saturated carbocycles. The van der Waals surface area contributed by atoms with Gasteiger partial charge in [0.1, 0.15) is 0 Å². The number of aromatic nitrogens is 2. The van der Waals surface area contributed by atoms with Crippen LogP contribution in [-0.2, 0) is 16.4 Å². The van der Waals surface area contributed by atoms with Gasteiger partial charge in [0.25, 0.3) is 0 Å². The van der Waals surface area contributed by atoms with E-state index in [9.17, 15) is 21.6 Å². The minimum absolute atomic E-state index is 0.0116. The average molecular weight is 265 g/mol. The fourth-order valence-corrected chi connectivity index (χ4v) is 2.25. The molecule has 0 aliphatic heterocycles. The van der Waals surface area contributed by atoms with Crippen molar-refractivity contribution in [3.8, 4) is 0 Å². The van der Waals surface area contributed by atoms with E-state index < -0.39 is 22.2 Å². The van der Waals surface area contributed by atoms with Gasteiger partial charge in [0.05, 0.1) is 11.0 Å². The molecule has 0 spiro atoms. The zero-order chi connectivity index (χ0) is 12.8. The molecule has 17 heavy (non-hydrogen) atoms. The maximum absolute atomic E-state index is 12.6. The van der Waals surface area contributed by atoms with Gasteiger partial charge in [-0.1, -0.05) is 12.1 Å². The average Bonchev–Trinajstić information content (AvgIpc) is 2.54. The summed E-state index contributed by atoms with van der Waals surface area (Å²) in [7, 11) is -4.57. The summed E-state index contributed by atoms with van der Waals surface area (Å²) in [6.45, 7) is 0. The molecule has 9 heteroatoms. The zero-order valence-corrected chi connectivity index (χ0v) is 8.96. The third kappa shape index (κ3) is 1.98. The summed E-state index contributed by atoms with van der Waals surface area (Å²) >= 11 is 0. The van der Waals surface area contributed by atoms with Crippen LogP contribution in [0, 0.1) is 0 Å². The van der Waals surface area contributed by atoms with E-state index in [1.807, 2.05) is 0 Å². The normalized spacial score (nSPS) is 13.2. The van der Waals surface area contributed by atoms with Crippen molar-refractivity contribution >= 4 is 21.2 Å². The molecule has 2 rings (SSSR count). The number of halogens is 3. The zero-order valence-electron chi connectivity index (χ0n) is 8.14. The molecule has 2 aromatic rings. The molecule has 0 radical (unpaired) electrons. The lowest BCUT2D eigenvalue weighted by atomic mass is 10.3. The van der Waals surface area contributed by atoms with Crippen LogP contribution in [-0.4, -0.2) is 17.4 Å². The lowest BCUT2D eigenvalue weighted by molar-refractivity contribution is -0.145. The van der Waals surface area contributed by atoms with Crippen LogP contribution in [0.3, 0.4) is 0 Å². The van der Waals surface area contributed by atoms with Crippen LogP contribution >= 0.6 is 0 Å². The van der Waals surface area contributed by atoms with Crippen molar-refractivity contribution in [3.05, 3.63) is 30.1 Å². The van der Waals surface area contributed by atoms with Crippen LogP contribution in [0.25, 0.3) is 11.0 Å². The molecule has 0 aliphatic carbocycles. The Bertz CT molecular complexity index is 675. The maximum atomic E-state index is 12.6. The summed E-state index contributed by atoms with van der Waals surface area (Å²) in [5.41, 5.74) is -0.295. The third-order valence-corrected chi connectivity index (χ3v) is 2.91. The van der Waals surface area contributed by atoms with E-state index in [0.29, 0.717) is 0 Å². The molecule has 5 nitrogen and oxygen atoms in total. The highest BCUT2D eigenvalue weighted by Crippen LogP contribution is 2.31. The number of benzene rings is 1. The monoisotopic (exact) mass is 265 g/mol. The summed E-state index contributed by atoms with van der Waals surface area (Å²) in [5, 5.41) is 4.76. The number of rotatable bonds is 1. The number of hydrogen-bond acceptors (Lipinski definition) is 3. The SMILES string of the molecule is NS(=O)(=O)n1c(C(F)(F)F)nc2ccccc21. The summed E-state index contributed by atoms with van der Waals surface area (Å²) < 4.78 is 60.2. The van der Waals surface area contributed by atoms with E-state index >= 15 is 0 Å². The van der Waals surface area contributed by atoms with Crippen LogP contribution in [0.15, 0.2) is 24.3 Å². The first-order valence-electron chi connectivity index (χ1n) is 4.29. The summed E-state index contributed by atoms with van der Waals surface area (Å²) in [5.74, 6) is -1.55. The number of alkyl halides is 3. The number of imidazole rings is 1. The molecule has 92 valence electrons. The highest BCUT2D eigenvalue weighted by atomic mass is 32.2. The van der Waals surface area contributed by atoms with Crippen molar-refractivity contribution in [1.82, 2.24) is 8.96 Å². The van der Waals surface area contributed by atoms with E-state index in [1.165, 1.54) is 24.3 Å². The molecule has 0 amide bonds. The van der Waals surface area contributed by atoms with Gasteiger partial charge >= 0.3 is 16.4 Å². The van der Waals surface area contributed by atoms with Gasteiger partial charge in [0.2, 0.25) is 5.82 Å². The van der Waals surface area contributed by atoms with Crippen LogP contribution in [0.5, 0.6) is 0 Å². The molecule has 1 aromatic carbocycles. The lowest BCUT2D eigenvalue weighted by Crippen LogP contribution is -2.27. The molecule has 0 aliphatic rings. The fraction of sp³-hybridized carbons (Fsp3) is 0.125. The van der Waals surface area contributed by atoms with E-state index in [1.54, 1.807) is 0 Å². The summed E-state index contributed by atoms with van der Waals surface area (Å²) in [6.07, 6.45) is -4.90. The fourth-order valence-electron chi connectivity index (χ4n) is 1.44. The number of fused-ring (bicyclic) bond motifs is 1. The molecule has 2 N–H and O–H groups in total. The molecule has 1 heterocycles. The lowest BCUT2D eigenvalue weighted by Gasteiger charge is -2.08. The highest BCUT2D eigenvalue weighted by Gasteiger charge is 2.40.